The maximum atomic E-state index is 12.6. The van der Waals surface area contributed by atoms with Crippen molar-refractivity contribution in [1.82, 2.24) is 9.62 Å². The molecule has 1 aliphatic heterocycles. The van der Waals surface area contributed by atoms with Gasteiger partial charge in [-0.1, -0.05) is 18.2 Å². The number of likely N-dealkylation sites (tertiary alicyclic amines) is 1. The molecule has 1 saturated heterocycles. The summed E-state index contributed by atoms with van der Waals surface area (Å²) in [6.07, 6.45) is -1.84. The molecule has 0 saturated carbocycles. The van der Waals surface area contributed by atoms with Gasteiger partial charge in [-0.2, -0.15) is 5.26 Å². The molecule has 0 unspecified atom stereocenters. The van der Waals surface area contributed by atoms with Crippen LogP contribution in [-0.2, 0) is 16.6 Å². The first kappa shape index (κ1) is 21.2. The van der Waals surface area contributed by atoms with Gasteiger partial charge in [0.15, 0.2) is 0 Å². The zero-order valence-electron chi connectivity index (χ0n) is 15.6. The van der Waals surface area contributed by atoms with Gasteiger partial charge >= 0.3 is 0 Å². The molecule has 0 radical (unpaired) electrons. The summed E-state index contributed by atoms with van der Waals surface area (Å²) in [5.41, 5.74) is 1.28. The number of rotatable bonds is 8. The van der Waals surface area contributed by atoms with Crippen LogP contribution in [0.3, 0.4) is 0 Å². The van der Waals surface area contributed by atoms with Crippen LogP contribution in [-0.4, -0.2) is 45.5 Å². The number of hydrogen-bond donors (Lipinski definition) is 1. The molecule has 29 heavy (non-hydrogen) atoms. The molecule has 2 aromatic carbocycles. The predicted molar refractivity (Wildman–Crippen MR) is 103 cm³/mol. The molecule has 1 aliphatic rings. The SMILES string of the molecule is N#Cc1cccc(S(=O)(=O)N[C@@H]2CCN(Cc3ccc(OCC(F)F)cc3)C2)c1. The van der Waals surface area contributed by atoms with Crippen LogP contribution >= 0.6 is 0 Å². The first-order chi connectivity index (χ1) is 13.9. The third-order valence-electron chi connectivity index (χ3n) is 4.57. The molecule has 3 rings (SSSR count). The van der Waals surface area contributed by atoms with Crippen molar-refractivity contribution < 1.29 is 21.9 Å². The second kappa shape index (κ2) is 9.31. The van der Waals surface area contributed by atoms with E-state index in [1.54, 1.807) is 24.3 Å². The zero-order valence-corrected chi connectivity index (χ0v) is 16.4. The van der Waals surface area contributed by atoms with Crippen molar-refractivity contribution in [3.05, 3.63) is 59.7 Å². The highest BCUT2D eigenvalue weighted by Crippen LogP contribution is 2.19. The van der Waals surface area contributed by atoms with Crippen molar-refractivity contribution in [2.24, 2.45) is 0 Å². The van der Waals surface area contributed by atoms with Gasteiger partial charge in [-0.3, -0.25) is 4.90 Å². The van der Waals surface area contributed by atoms with Crippen LogP contribution in [0.4, 0.5) is 8.78 Å². The summed E-state index contributed by atoms with van der Waals surface area (Å²) in [4.78, 5) is 2.20. The van der Waals surface area contributed by atoms with Crippen molar-refractivity contribution in [2.45, 2.75) is 30.3 Å². The summed E-state index contributed by atoms with van der Waals surface area (Å²) in [6, 6.07) is 14.6. The number of nitrogens with one attached hydrogen (secondary N) is 1. The summed E-state index contributed by atoms with van der Waals surface area (Å²) in [7, 11) is -3.70. The van der Waals surface area contributed by atoms with Gasteiger partial charge in [0.25, 0.3) is 6.43 Å². The molecule has 0 bridgehead atoms. The Hall–Kier alpha value is -2.54. The van der Waals surface area contributed by atoms with E-state index < -0.39 is 23.1 Å². The molecular formula is C20H21F2N3O3S. The lowest BCUT2D eigenvalue weighted by molar-refractivity contribution is 0.0819. The number of alkyl halides is 2. The van der Waals surface area contributed by atoms with Crippen molar-refractivity contribution in [3.8, 4) is 11.8 Å². The van der Waals surface area contributed by atoms with Gasteiger partial charge in [0.2, 0.25) is 10.0 Å². The third-order valence-corrected chi connectivity index (χ3v) is 6.09. The Bertz CT molecular complexity index is 975. The summed E-state index contributed by atoms with van der Waals surface area (Å²) >= 11 is 0. The Morgan fingerprint density at radius 1 is 1.24 bits per heavy atom. The topological polar surface area (TPSA) is 82.4 Å². The van der Waals surface area contributed by atoms with Crippen LogP contribution in [0.5, 0.6) is 5.75 Å². The Morgan fingerprint density at radius 2 is 2.00 bits per heavy atom. The minimum absolute atomic E-state index is 0.0781. The summed E-state index contributed by atoms with van der Waals surface area (Å²) in [6.45, 7) is 1.28. The molecule has 154 valence electrons. The summed E-state index contributed by atoms with van der Waals surface area (Å²) in [5.74, 6) is 0.390. The Kier molecular flexibility index (Phi) is 6.79. The Balaban J connectivity index is 1.54. The summed E-state index contributed by atoms with van der Waals surface area (Å²) < 4.78 is 57.1. The van der Waals surface area contributed by atoms with E-state index in [-0.39, 0.29) is 10.9 Å². The van der Waals surface area contributed by atoms with Crippen molar-refractivity contribution in [3.63, 3.8) is 0 Å². The van der Waals surface area contributed by atoms with Crippen LogP contribution < -0.4 is 9.46 Å². The largest absolute Gasteiger partial charge is 0.488 e. The number of nitrogens with zero attached hydrogens (tertiary/aromatic N) is 2. The highest BCUT2D eigenvalue weighted by Gasteiger charge is 2.27. The second-order valence-electron chi connectivity index (χ2n) is 6.83. The van der Waals surface area contributed by atoms with E-state index in [2.05, 4.69) is 9.62 Å². The van der Waals surface area contributed by atoms with E-state index in [1.165, 1.54) is 12.1 Å². The van der Waals surface area contributed by atoms with E-state index in [0.29, 0.717) is 30.8 Å². The lowest BCUT2D eigenvalue weighted by Gasteiger charge is -2.17. The fourth-order valence-electron chi connectivity index (χ4n) is 3.20. The van der Waals surface area contributed by atoms with Crippen LogP contribution in [0.1, 0.15) is 17.5 Å². The average molecular weight is 421 g/mol. The normalized spacial score (nSPS) is 17.4. The van der Waals surface area contributed by atoms with Crippen LogP contribution in [0, 0.1) is 11.3 Å². The molecule has 2 aromatic rings. The Morgan fingerprint density at radius 3 is 2.69 bits per heavy atom. The number of benzene rings is 2. The fraction of sp³-hybridized carbons (Fsp3) is 0.350. The molecule has 0 aliphatic carbocycles. The van der Waals surface area contributed by atoms with Gasteiger partial charge in [0.1, 0.15) is 12.4 Å². The lowest BCUT2D eigenvalue weighted by Crippen LogP contribution is -2.37. The molecule has 1 fully saturated rings. The molecule has 0 aromatic heterocycles. The predicted octanol–water partition coefficient (Wildman–Crippen LogP) is 2.75. The van der Waals surface area contributed by atoms with Gasteiger partial charge < -0.3 is 4.74 Å². The maximum Gasteiger partial charge on any atom is 0.272 e. The lowest BCUT2D eigenvalue weighted by atomic mass is 10.2. The number of halogens is 2. The van der Waals surface area contributed by atoms with Gasteiger partial charge in [-0.25, -0.2) is 21.9 Å². The zero-order chi connectivity index (χ0) is 20.9. The van der Waals surface area contributed by atoms with Gasteiger partial charge in [-0.05, 0) is 42.3 Å². The molecule has 0 spiro atoms. The van der Waals surface area contributed by atoms with E-state index in [4.69, 9.17) is 10.00 Å². The van der Waals surface area contributed by atoms with Crippen LogP contribution in [0.25, 0.3) is 0 Å². The second-order valence-corrected chi connectivity index (χ2v) is 8.54. The van der Waals surface area contributed by atoms with Crippen molar-refractivity contribution >= 4 is 10.0 Å². The quantitative estimate of drug-likeness (QED) is 0.709. The van der Waals surface area contributed by atoms with E-state index in [1.807, 2.05) is 18.2 Å². The molecule has 9 heteroatoms. The van der Waals surface area contributed by atoms with E-state index >= 15 is 0 Å². The molecular weight excluding hydrogens is 400 g/mol. The number of sulfonamides is 1. The number of hydrogen-bond acceptors (Lipinski definition) is 5. The Labute approximate surface area is 168 Å². The van der Waals surface area contributed by atoms with Gasteiger partial charge in [0.05, 0.1) is 16.5 Å². The first-order valence-electron chi connectivity index (χ1n) is 9.10. The molecule has 1 atom stereocenters. The minimum atomic E-state index is -3.70. The molecule has 0 amide bonds. The monoisotopic (exact) mass is 421 g/mol. The molecule has 1 N–H and O–H groups in total. The van der Waals surface area contributed by atoms with Crippen molar-refractivity contribution in [2.75, 3.05) is 19.7 Å². The number of ether oxygens (including phenoxy) is 1. The average Bonchev–Trinajstić information content (AvgIpc) is 3.13. The standard InChI is InChI=1S/C20H21F2N3O3S/c21-20(22)14-28-18-6-4-15(5-7-18)12-25-9-8-17(13-25)24-29(26,27)19-3-1-2-16(10-19)11-23/h1-7,10,17,20,24H,8-9,12-14H2/t17-/m1/s1. The first-order valence-corrected chi connectivity index (χ1v) is 10.6. The third kappa shape index (κ3) is 5.97. The summed E-state index contributed by atoms with van der Waals surface area (Å²) in [5, 5.41) is 8.95. The van der Waals surface area contributed by atoms with Gasteiger partial charge in [-0.15, -0.1) is 0 Å². The van der Waals surface area contributed by atoms with E-state index in [0.717, 1.165) is 12.1 Å². The maximum absolute atomic E-state index is 12.6. The number of nitriles is 1. The van der Waals surface area contributed by atoms with Crippen molar-refractivity contribution in [1.29, 1.82) is 5.26 Å². The highest BCUT2D eigenvalue weighted by atomic mass is 32.2. The highest BCUT2D eigenvalue weighted by molar-refractivity contribution is 7.89. The van der Waals surface area contributed by atoms with Crippen LogP contribution in [0.2, 0.25) is 0 Å². The van der Waals surface area contributed by atoms with Gasteiger partial charge in [0, 0.05) is 25.7 Å². The van der Waals surface area contributed by atoms with Crippen LogP contribution in [0.15, 0.2) is 53.4 Å². The smallest absolute Gasteiger partial charge is 0.272 e. The molecule has 6 nitrogen and oxygen atoms in total. The molecule has 1 heterocycles. The van der Waals surface area contributed by atoms with E-state index in [9.17, 15) is 17.2 Å². The minimum Gasteiger partial charge on any atom is -0.488 e. The fourth-order valence-corrected chi connectivity index (χ4v) is 4.51.